The van der Waals surface area contributed by atoms with Gasteiger partial charge in [0.15, 0.2) is 5.82 Å². The second kappa shape index (κ2) is 8.49. The number of amides is 1. The van der Waals surface area contributed by atoms with Gasteiger partial charge in [0, 0.05) is 49.5 Å². The van der Waals surface area contributed by atoms with Crippen LogP contribution in [-0.4, -0.2) is 54.2 Å². The van der Waals surface area contributed by atoms with Gasteiger partial charge in [-0.05, 0) is 25.2 Å². The summed E-state index contributed by atoms with van der Waals surface area (Å²) in [6.45, 7) is 9.87. The summed E-state index contributed by atoms with van der Waals surface area (Å²) in [5.74, 6) is 1.02. The van der Waals surface area contributed by atoms with Crippen molar-refractivity contribution in [3.8, 4) is 0 Å². The van der Waals surface area contributed by atoms with Gasteiger partial charge in [-0.2, -0.15) is 4.98 Å². The molecule has 0 radical (unpaired) electrons. The van der Waals surface area contributed by atoms with E-state index in [1.165, 1.54) is 0 Å². The minimum atomic E-state index is -0.178. The first-order valence-corrected chi connectivity index (χ1v) is 9.96. The van der Waals surface area contributed by atoms with Gasteiger partial charge in [0.25, 0.3) is 0 Å². The number of carbonyl (C=O) groups excluding carboxylic acids is 1. The number of nitrogens with zero attached hydrogens (tertiary/aromatic N) is 4. The molecule has 1 aliphatic rings. The second-order valence-corrected chi connectivity index (χ2v) is 8.70. The summed E-state index contributed by atoms with van der Waals surface area (Å²) in [4.78, 5) is 21.5. The Morgan fingerprint density at radius 2 is 1.96 bits per heavy atom. The molecule has 0 unspecified atom stereocenters. The summed E-state index contributed by atoms with van der Waals surface area (Å²) < 4.78 is 5.26. The van der Waals surface area contributed by atoms with E-state index < -0.39 is 0 Å². The Balaban J connectivity index is 1.63. The molecule has 0 saturated carbocycles. The predicted octanol–water partition coefficient (Wildman–Crippen LogP) is 3.34. The molecule has 2 aromatic rings. The van der Waals surface area contributed by atoms with E-state index in [9.17, 15) is 4.79 Å². The van der Waals surface area contributed by atoms with E-state index in [2.05, 4.69) is 32.3 Å². The van der Waals surface area contributed by atoms with Gasteiger partial charge in [-0.15, -0.1) is 0 Å². The highest BCUT2D eigenvalue weighted by molar-refractivity contribution is 6.31. The summed E-state index contributed by atoms with van der Waals surface area (Å²) in [6.07, 6.45) is 0.666. The van der Waals surface area contributed by atoms with Crippen molar-refractivity contribution in [1.82, 2.24) is 15.0 Å². The van der Waals surface area contributed by atoms with E-state index in [0.717, 1.165) is 37.6 Å². The molecule has 1 fully saturated rings. The van der Waals surface area contributed by atoms with Crippen LogP contribution in [0.15, 0.2) is 22.7 Å². The molecule has 0 spiro atoms. The molecule has 8 heteroatoms. The van der Waals surface area contributed by atoms with Crippen LogP contribution in [0.25, 0.3) is 0 Å². The van der Waals surface area contributed by atoms with Crippen LogP contribution < -0.4 is 10.2 Å². The molecule has 1 saturated heterocycles. The number of benzene rings is 1. The summed E-state index contributed by atoms with van der Waals surface area (Å²) in [6, 6.07) is 5.63. The molecule has 2 heterocycles. The number of aryl methyl sites for hydroxylation is 1. The smallest absolute Gasteiger partial charge is 0.227 e. The zero-order valence-corrected chi connectivity index (χ0v) is 17.7. The van der Waals surface area contributed by atoms with Crippen LogP contribution in [0.2, 0.25) is 5.02 Å². The third-order valence-electron chi connectivity index (χ3n) is 4.78. The van der Waals surface area contributed by atoms with Crippen LogP contribution in [0.3, 0.4) is 0 Å². The van der Waals surface area contributed by atoms with Crippen molar-refractivity contribution < 1.29 is 9.32 Å². The molecule has 3 rings (SSSR count). The number of rotatable bonds is 5. The van der Waals surface area contributed by atoms with Crippen molar-refractivity contribution >= 4 is 28.9 Å². The normalized spacial score (nSPS) is 15.7. The number of halogens is 1. The number of hydrogen-bond donors (Lipinski definition) is 1. The fraction of sp³-hybridized carbons (Fsp3) is 0.550. The zero-order valence-electron chi connectivity index (χ0n) is 17.0. The van der Waals surface area contributed by atoms with Crippen LogP contribution in [0, 0.1) is 0 Å². The van der Waals surface area contributed by atoms with E-state index in [0.29, 0.717) is 23.2 Å². The maximum Gasteiger partial charge on any atom is 0.227 e. The summed E-state index contributed by atoms with van der Waals surface area (Å²) in [7, 11) is 2.12. The Labute approximate surface area is 171 Å². The van der Waals surface area contributed by atoms with Crippen LogP contribution in [0.1, 0.15) is 38.9 Å². The van der Waals surface area contributed by atoms with E-state index in [4.69, 9.17) is 16.1 Å². The minimum absolute atomic E-state index is 0.104. The Hall–Kier alpha value is -2.12. The molecular weight excluding hydrogens is 378 g/mol. The van der Waals surface area contributed by atoms with Crippen molar-refractivity contribution in [3.05, 3.63) is 34.9 Å². The van der Waals surface area contributed by atoms with Crippen LogP contribution >= 0.6 is 11.6 Å². The highest BCUT2D eigenvalue weighted by Gasteiger charge is 2.22. The molecule has 0 bridgehead atoms. The van der Waals surface area contributed by atoms with E-state index in [1.54, 1.807) is 6.07 Å². The molecule has 0 atom stereocenters. The third-order valence-corrected chi connectivity index (χ3v) is 5.02. The topological polar surface area (TPSA) is 74.5 Å². The molecule has 28 heavy (non-hydrogen) atoms. The van der Waals surface area contributed by atoms with E-state index in [1.807, 2.05) is 32.9 Å². The molecule has 152 valence electrons. The molecule has 1 aromatic heterocycles. The molecule has 7 nitrogen and oxygen atoms in total. The van der Waals surface area contributed by atoms with Gasteiger partial charge in [0.1, 0.15) is 0 Å². The lowest BCUT2D eigenvalue weighted by atomic mass is 9.96. The number of aromatic nitrogens is 2. The van der Waals surface area contributed by atoms with Gasteiger partial charge in [-0.3, -0.25) is 4.79 Å². The Morgan fingerprint density at radius 3 is 2.61 bits per heavy atom. The first kappa shape index (κ1) is 20.6. The summed E-state index contributed by atoms with van der Waals surface area (Å²) in [5, 5.41) is 7.59. The number of nitrogens with one attached hydrogen (secondary N) is 1. The number of carbonyl (C=O) groups is 1. The second-order valence-electron chi connectivity index (χ2n) is 8.26. The van der Waals surface area contributed by atoms with Gasteiger partial charge in [-0.1, -0.05) is 37.5 Å². The first-order chi connectivity index (χ1) is 13.2. The maximum atomic E-state index is 12.5. The average molecular weight is 406 g/mol. The minimum Gasteiger partial charge on any atom is -0.367 e. The Morgan fingerprint density at radius 1 is 1.25 bits per heavy atom. The maximum absolute atomic E-state index is 12.5. The standard InChI is InChI=1S/C20H28ClN5O2/c1-20(2,3)19-23-18(28-24-19)8-7-17(27)22-15-13-14(21)5-6-16(15)26-11-9-25(4)10-12-26/h5-6,13H,7-12H2,1-4H3,(H,22,27). The lowest BCUT2D eigenvalue weighted by molar-refractivity contribution is -0.116. The van der Waals surface area contributed by atoms with Gasteiger partial charge >= 0.3 is 0 Å². The van der Waals surface area contributed by atoms with Crippen molar-refractivity contribution in [1.29, 1.82) is 0 Å². The number of anilines is 2. The molecule has 1 aliphatic heterocycles. The SMILES string of the molecule is CN1CCN(c2ccc(Cl)cc2NC(=O)CCc2nc(C(C)(C)C)no2)CC1. The highest BCUT2D eigenvalue weighted by atomic mass is 35.5. The number of likely N-dealkylation sites (N-methyl/N-ethyl adjacent to an activating group) is 1. The molecule has 1 aromatic carbocycles. The number of hydrogen-bond acceptors (Lipinski definition) is 6. The van der Waals surface area contributed by atoms with Crippen LogP contribution in [0.5, 0.6) is 0 Å². The van der Waals surface area contributed by atoms with Crippen molar-refractivity contribution in [2.24, 2.45) is 0 Å². The first-order valence-electron chi connectivity index (χ1n) is 9.58. The van der Waals surface area contributed by atoms with Crippen LogP contribution in [-0.2, 0) is 16.6 Å². The lowest BCUT2D eigenvalue weighted by Gasteiger charge is -2.35. The molecule has 1 amide bonds. The van der Waals surface area contributed by atoms with E-state index in [-0.39, 0.29) is 17.7 Å². The Bertz CT molecular complexity index is 822. The summed E-state index contributed by atoms with van der Waals surface area (Å²) >= 11 is 6.17. The van der Waals surface area contributed by atoms with Crippen LogP contribution in [0.4, 0.5) is 11.4 Å². The van der Waals surface area contributed by atoms with Crippen molar-refractivity contribution in [2.45, 2.75) is 39.0 Å². The van der Waals surface area contributed by atoms with Gasteiger partial charge < -0.3 is 19.6 Å². The highest BCUT2D eigenvalue weighted by Crippen LogP contribution is 2.30. The fourth-order valence-electron chi connectivity index (χ4n) is 3.03. The third kappa shape index (κ3) is 5.23. The van der Waals surface area contributed by atoms with Crippen molar-refractivity contribution in [3.63, 3.8) is 0 Å². The quantitative estimate of drug-likeness (QED) is 0.822. The monoisotopic (exact) mass is 405 g/mol. The van der Waals surface area contributed by atoms with Gasteiger partial charge in [0.2, 0.25) is 11.8 Å². The lowest BCUT2D eigenvalue weighted by Crippen LogP contribution is -2.44. The fourth-order valence-corrected chi connectivity index (χ4v) is 3.20. The largest absolute Gasteiger partial charge is 0.367 e. The van der Waals surface area contributed by atoms with E-state index >= 15 is 0 Å². The summed E-state index contributed by atoms with van der Waals surface area (Å²) in [5.41, 5.74) is 1.56. The Kier molecular flexibility index (Phi) is 6.25. The van der Waals surface area contributed by atoms with Gasteiger partial charge in [0.05, 0.1) is 11.4 Å². The predicted molar refractivity (Wildman–Crippen MR) is 111 cm³/mol. The van der Waals surface area contributed by atoms with Crippen molar-refractivity contribution in [2.75, 3.05) is 43.4 Å². The molecular formula is C20H28ClN5O2. The molecule has 0 aliphatic carbocycles. The number of piperazine rings is 1. The zero-order chi connectivity index (χ0) is 20.3. The average Bonchev–Trinajstić information content (AvgIpc) is 3.11. The van der Waals surface area contributed by atoms with Gasteiger partial charge in [-0.25, -0.2) is 0 Å². The molecule has 1 N–H and O–H groups in total.